The van der Waals surface area contributed by atoms with Gasteiger partial charge in [-0.1, -0.05) is 0 Å². The van der Waals surface area contributed by atoms with Crippen molar-refractivity contribution in [1.82, 2.24) is 6.15 Å². The Labute approximate surface area is 139 Å². The summed E-state index contributed by atoms with van der Waals surface area (Å²) in [6.45, 7) is 0. The van der Waals surface area contributed by atoms with Gasteiger partial charge in [-0.15, -0.1) is 0 Å². The number of aliphatic carboxylic acids is 2. The van der Waals surface area contributed by atoms with Gasteiger partial charge in [-0.25, -0.2) is 0 Å². The molecule has 0 aromatic carbocycles. The van der Waals surface area contributed by atoms with Crippen LogP contribution >= 0.6 is 0 Å². The number of carbonyl (C=O) groups excluding carboxylic acids is 2. The van der Waals surface area contributed by atoms with Gasteiger partial charge in [0.15, 0.2) is 0 Å². The molecule has 0 bridgehead atoms. The maximum atomic E-state index is 9.63. The number of aliphatic hydroxyl groups is 2. The van der Waals surface area contributed by atoms with E-state index in [2.05, 4.69) is 0 Å². The molecule has 7 nitrogen and oxygen atoms in total. The second-order valence-electron chi connectivity index (χ2n) is 1.53. The molecule has 0 aliphatic heterocycles. The van der Waals surface area contributed by atoms with Crippen LogP contribution in [0.25, 0.3) is 0 Å². The van der Waals surface area contributed by atoms with Crippen LogP contribution in [0, 0.1) is 0 Å². The molecule has 66 valence electrons. The summed E-state index contributed by atoms with van der Waals surface area (Å²) in [6, 6.07) is 0. The average Bonchev–Trinajstić information content (AvgIpc) is 1.84. The van der Waals surface area contributed by atoms with E-state index >= 15 is 0 Å². The summed E-state index contributed by atoms with van der Waals surface area (Å²) in [4.78, 5) is 19.3. The molecule has 0 fully saturated rings. The summed E-state index contributed by atoms with van der Waals surface area (Å²) in [5.41, 5.74) is 0. The first-order valence-corrected chi connectivity index (χ1v) is 2.24. The van der Waals surface area contributed by atoms with Crippen molar-refractivity contribution in [2.75, 3.05) is 0 Å². The first-order chi connectivity index (χ1) is 4.46. The predicted octanol–water partition coefficient (Wildman–Crippen LogP) is -10.6. The van der Waals surface area contributed by atoms with Crippen molar-refractivity contribution in [3.05, 3.63) is 0 Å². The van der Waals surface area contributed by atoms with Gasteiger partial charge in [0.25, 0.3) is 0 Å². The van der Waals surface area contributed by atoms with Crippen LogP contribution in [0.3, 0.4) is 0 Å². The van der Waals surface area contributed by atoms with Gasteiger partial charge in [-0.3, -0.25) is 0 Å². The molecule has 0 saturated carbocycles. The first-order valence-electron chi connectivity index (χ1n) is 2.24. The smallest absolute Gasteiger partial charge is 0.547 e. The predicted molar refractivity (Wildman–Crippen MR) is 27.0 cm³/mol. The van der Waals surface area contributed by atoms with Crippen LogP contribution in [0.1, 0.15) is 0 Å². The fraction of sp³-hybridized carbons (Fsp3) is 0.500. The van der Waals surface area contributed by atoms with Gasteiger partial charge in [0, 0.05) is 0 Å². The normalized spacial score (nSPS) is 12.2. The topological polar surface area (TPSA) is 156 Å². The van der Waals surface area contributed by atoms with E-state index in [-0.39, 0.29) is 87.1 Å². The Hall–Kier alpha value is 1.46. The zero-order valence-corrected chi connectivity index (χ0v) is 12.5. The molecule has 0 aliphatic carbocycles. The van der Waals surface area contributed by atoms with Crippen molar-refractivity contribution < 1.29 is 111 Å². The maximum absolute atomic E-state index is 9.63. The van der Waals surface area contributed by atoms with E-state index in [1.54, 1.807) is 0 Å². The molecular formula is C4H7KNNaO6. The van der Waals surface area contributed by atoms with Gasteiger partial charge < -0.3 is 36.2 Å². The fourth-order valence-electron chi connectivity index (χ4n) is 0.258. The van der Waals surface area contributed by atoms with Crippen LogP contribution in [-0.2, 0) is 9.59 Å². The minimum Gasteiger partial charge on any atom is -0.547 e. The zero-order valence-electron chi connectivity index (χ0n) is 7.39. The second-order valence-corrected chi connectivity index (χ2v) is 1.53. The van der Waals surface area contributed by atoms with Crippen LogP contribution in [-0.4, -0.2) is 34.4 Å². The van der Waals surface area contributed by atoms with Crippen LogP contribution in [0.2, 0.25) is 0 Å². The minimum absolute atomic E-state index is 0. The van der Waals surface area contributed by atoms with E-state index < -0.39 is 24.1 Å². The first kappa shape index (κ1) is 23.9. The number of carboxylic acid groups (broad SMARTS) is 2. The monoisotopic (exact) mass is 227 g/mol. The summed E-state index contributed by atoms with van der Waals surface area (Å²) in [5, 5.41) is 35.7. The van der Waals surface area contributed by atoms with Crippen molar-refractivity contribution in [2.24, 2.45) is 0 Å². The Morgan fingerprint density at radius 1 is 1.00 bits per heavy atom. The quantitative estimate of drug-likeness (QED) is 0.404. The summed E-state index contributed by atoms with van der Waals surface area (Å²) >= 11 is 0. The van der Waals surface area contributed by atoms with Gasteiger partial charge in [-0.2, -0.15) is 0 Å². The van der Waals surface area contributed by atoms with Crippen LogP contribution in [0.5, 0.6) is 0 Å². The largest absolute Gasteiger partial charge is 1.00 e. The van der Waals surface area contributed by atoms with Crippen LogP contribution in [0.15, 0.2) is 0 Å². The average molecular weight is 227 g/mol. The molecule has 5 N–H and O–H groups in total. The summed E-state index contributed by atoms with van der Waals surface area (Å²) < 4.78 is 0. The third-order valence-electron chi connectivity index (χ3n) is 0.782. The molecule has 13 heavy (non-hydrogen) atoms. The molecular weight excluding hydrogens is 220 g/mol. The number of aliphatic hydroxyl groups excluding tert-OH is 2. The van der Waals surface area contributed by atoms with Crippen LogP contribution in [0.4, 0.5) is 0 Å². The third-order valence-corrected chi connectivity index (χ3v) is 0.782. The summed E-state index contributed by atoms with van der Waals surface area (Å²) in [6.07, 6.45) is -4.88. The molecule has 0 rings (SSSR count). The molecule has 2 unspecified atom stereocenters. The van der Waals surface area contributed by atoms with Crippen molar-refractivity contribution >= 4 is 11.9 Å². The van der Waals surface area contributed by atoms with Gasteiger partial charge in [0.2, 0.25) is 0 Å². The van der Waals surface area contributed by atoms with Gasteiger partial charge in [0.05, 0.1) is 11.9 Å². The molecule has 0 aliphatic rings. The minimum atomic E-state index is -2.44. The molecule has 0 heterocycles. The van der Waals surface area contributed by atoms with Gasteiger partial charge >= 0.3 is 80.9 Å². The van der Waals surface area contributed by atoms with E-state index in [1.165, 1.54) is 0 Å². The SMILES string of the molecule is N.O=C([O-])C(O)C(O)C(=O)[O-].[K+].[Na+]. The second kappa shape index (κ2) is 11.5. The van der Waals surface area contributed by atoms with E-state index in [0.29, 0.717) is 0 Å². The Bertz CT molecular complexity index is 149. The standard InChI is InChI=1S/C4H6O6.K.H3N.Na/c5-1(3(7)8)2(6)4(9)10;;;/h1-2,5-6H,(H,7,8)(H,9,10);;1H3;/q;+1;;+1/p-2. The molecule has 9 heteroatoms. The van der Waals surface area contributed by atoms with Crippen molar-refractivity contribution in [3.8, 4) is 0 Å². The van der Waals surface area contributed by atoms with Crippen LogP contribution < -0.4 is 97.3 Å². The molecule has 0 radical (unpaired) electrons. The van der Waals surface area contributed by atoms with Gasteiger partial charge in [0.1, 0.15) is 12.2 Å². The van der Waals surface area contributed by atoms with E-state index in [1.807, 2.05) is 0 Å². The Balaban J connectivity index is -0.000000135. The third kappa shape index (κ3) is 9.75. The molecule has 0 spiro atoms. The molecule has 0 aromatic rings. The molecule has 0 aromatic heterocycles. The van der Waals surface area contributed by atoms with Crippen molar-refractivity contribution in [3.63, 3.8) is 0 Å². The molecule has 0 saturated heterocycles. The Morgan fingerprint density at radius 2 is 1.15 bits per heavy atom. The van der Waals surface area contributed by atoms with E-state index in [0.717, 1.165) is 0 Å². The number of carboxylic acids is 2. The number of hydrogen-bond acceptors (Lipinski definition) is 7. The van der Waals surface area contributed by atoms with Crippen molar-refractivity contribution in [1.29, 1.82) is 0 Å². The molecule has 0 amide bonds. The maximum Gasteiger partial charge on any atom is 1.00 e. The number of hydrogen-bond donors (Lipinski definition) is 3. The Kier molecular flexibility index (Phi) is 21.2. The number of carbonyl (C=O) groups is 2. The fourth-order valence-corrected chi connectivity index (χ4v) is 0.258. The van der Waals surface area contributed by atoms with E-state index in [4.69, 9.17) is 10.2 Å². The van der Waals surface area contributed by atoms with Gasteiger partial charge in [-0.05, 0) is 0 Å². The molecule has 2 atom stereocenters. The van der Waals surface area contributed by atoms with E-state index in [9.17, 15) is 19.8 Å². The summed E-state index contributed by atoms with van der Waals surface area (Å²) in [5.74, 6) is -4.12. The number of rotatable bonds is 3. The van der Waals surface area contributed by atoms with Crippen molar-refractivity contribution in [2.45, 2.75) is 12.2 Å². The zero-order chi connectivity index (χ0) is 8.31. The summed E-state index contributed by atoms with van der Waals surface area (Å²) in [7, 11) is 0. The Morgan fingerprint density at radius 3 is 1.23 bits per heavy atom.